The van der Waals surface area contributed by atoms with Gasteiger partial charge in [-0.05, 0) is 48.5 Å². The monoisotopic (exact) mass is 436 g/mol. The Morgan fingerprint density at radius 2 is 1.77 bits per heavy atom. The summed E-state index contributed by atoms with van der Waals surface area (Å²) in [5.74, 6) is 1.73. The summed E-state index contributed by atoms with van der Waals surface area (Å²) in [6.45, 7) is 2.47. The first kappa shape index (κ1) is 19.3. The van der Waals surface area contributed by atoms with Gasteiger partial charge in [-0.25, -0.2) is 0 Å². The van der Waals surface area contributed by atoms with Gasteiger partial charge in [0, 0.05) is 36.8 Å². The summed E-state index contributed by atoms with van der Waals surface area (Å²) < 4.78 is 10.5. The predicted octanol–water partition coefficient (Wildman–Crippen LogP) is 3.40. The molecule has 9 nitrogen and oxygen atoms in total. The molecule has 4 aromatic rings. The van der Waals surface area contributed by atoms with Crippen LogP contribution in [0.1, 0.15) is 10.6 Å². The number of benzene rings is 1. The first-order valence-corrected chi connectivity index (χ1v) is 10.1. The summed E-state index contributed by atoms with van der Waals surface area (Å²) in [6.07, 6.45) is 1.50. The smallest absolute Gasteiger partial charge is 0.289 e. The zero-order chi connectivity index (χ0) is 21.2. The van der Waals surface area contributed by atoms with Crippen LogP contribution < -0.4 is 4.90 Å². The lowest BCUT2D eigenvalue weighted by molar-refractivity contribution is 0.0714. The second kappa shape index (κ2) is 8.19. The van der Waals surface area contributed by atoms with Crippen molar-refractivity contribution in [3.05, 3.63) is 65.6 Å². The number of carbonyl (C=O) groups is 1. The highest BCUT2D eigenvalue weighted by Crippen LogP contribution is 2.23. The van der Waals surface area contributed by atoms with Gasteiger partial charge in [-0.2, -0.15) is 4.98 Å². The fraction of sp³-hybridized carbons (Fsp3) is 0.190. The maximum atomic E-state index is 12.4. The molecule has 0 saturated carbocycles. The van der Waals surface area contributed by atoms with Gasteiger partial charge in [-0.15, -0.1) is 10.2 Å². The quantitative estimate of drug-likeness (QED) is 0.479. The third-order valence-electron chi connectivity index (χ3n) is 5.02. The van der Waals surface area contributed by atoms with E-state index < -0.39 is 0 Å². The molecule has 5 rings (SSSR count). The molecule has 1 aliphatic heterocycles. The highest BCUT2D eigenvalue weighted by Gasteiger charge is 2.24. The lowest BCUT2D eigenvalue weighted by Crippen LogP contribution is -2.49. The SMILES string of the molecule is O=C(c1ccco1)N1CCN(c2ccc(-c3nc(-c4ccc(Cl)cc4)no3)nn2)CC1. The molecule has 3 aromatic heterocycles. The van der Waals surface area contributed by atoms with Crippen LogP contribution >= 0.6 is 11.6 Å². The van der Waals surface area contributed by atoms with Crippen LogP contribution in [0.5, 0.6) is 0 Å². The zero-order valence-corrected chi connectivity index (χ0v) is 17.1. The zero-order valence-electron chi connectivity index (χ0n) is 16.3. The van der Waals surface area contributed by atoms with E-state index in [0.29, 0.717) is 48.5 Å². The van der Waals surface area contributed by atoms with Crippen molar-refractivity contribution in [2.24, 2.45) is 0 Å². The van der Waals surface area contributed by atoms with Crippen LogP contribution in [-0.2, 0) is 0 Å². The van der Waals surface area contributed by atoms with E-state index in [9.17, 15) is 4.79 Å². The molecule has 156 valence electrons. The Hall–Kier alpha value is -3.72. The summed E-state index contributed by atoms with van der Waals surface area (Å²) in [5.41, 5.74) is 1.29. The Morgan fingerprint density at radius 3 is 2.45 bits per heavy atom. The summed E-state index contributed by atoms with van der Waals surface area (Å²) in [7, 11) is 0. The number of anilines is 1. The van der Waals surface area contributed by atoms with Crippen LogP contribution in [0, 0.1) is 0 Å². The number of piperazine rings is 1. The minimum absolute atomic E-state index is 0.0982. The van der Waals surface area contributed by atoms with Gasteiger partial charge in [0.25, 0.3) is 11.8 Å². The van der Waals surface area contributed by atoms with Crippen molar-refractivity contribution in [2.75, 3.05) is 31.1 Å². The number of hydrogen-bond donors (Lipinski definition) is 0. The molecule has 0 bridgehead atoms. The summed E-state index contributed by atoms with van der Waals surface area (Å²) in [4.78, 5) is 20.6. The molecule has 31 heavy (non-hydrogen) atoms. The molecule has 0 N–H and O–H groups in total. The third kappa shape index (κ3) is 3.99. The topological polar surface area (TPSA) is 101 Å². The van der Waals surface area contributed by atoms with Gasteiger partial charge in [0.15, 0.2) is 17.3 Å². The molecule has 1 fully saturated rings. The molecule has 1 aliphatic rings. The van der Waals surface area contributed by atoms with Crippen LogP contribution in [0.2, 0.25) is 5.02 Å². The van der Waals surface area contributed by atoms with E-state index in [1.807, 2.05) is 18.2 Å². The van der Waals surface area contributed by atoms with Gasteiger partial charge < -0.3 is 18.7 Å². The van der Waals surface area contributed by atoms with Gasteiger partial charge >= 0.3 is 0 Å². The van der Waals surface area contributed by atoms with Crippen LogP contribution in [0.25, 0.3) is 23.0 Å². The Labute approximate surface area is 182 Å². The van der Waals surface area contributed by atoms with E-state index in [1.165, 1.54) is 6.26 Å². The van der Waals surface area contributed by atoms with Crippen molar-refractivity contribution in [3.63, 3.8) is 0 Å². The average molecular weight is 437 g/mol. The number of rotatable bonds is 4. The molecule has 0 radical (unpaired) electrons. The van der Waals surface area contributed by atoms with Crippen molar-refractivity contribution in [2.45, 2.75) is 0 Å². The normalized spacial score (nSPS) is 14.1. The van der Waals surface area contributed by atoms with E-state index >= 15 is 0 Å². The largest absolute Gasteiger partial charge is 0.459 e. The van der Waals surface area contributed by atoms with E-state index in [4.69, 9.17) is 20.5 Å². The standard InChI is InChI=1S/C21H17ClN6O3/c22-15-5-3-14(4-6-15)19-23-20(31-26-19)16-7-8-18(25-24-16)27-9-11-28(12-10-27)21(29)17-2-1-13-30-17/h1-8,13H,9-12H2. The van der Waals surface area contributed by atoms with E-state index in [2.05, 4.69) is 25.2 Å². The van der Waals surface area contributed by atoms with Gasteiger partial charge in [-0.1, -0.05) is 16.8 Å². The molecule has 10 heteroatoms. The van der Waals surface area contributed by atoms with Gasteiger partial charge in [-0.3, -0.25) is 4.79 Å². The van der Waals surface area contributed by atoms with Gasteiger partial charge in [0.1, 0.15) is 0 Å². The molecule has 0 atom stereocenters. The summed E-state index contributed by atoms with van der Waals surface area (Å²) >= 11 is 5.92. The average Bonchev–Trinajstić information content (AvgIpc) is 3.52. The molecule has 1 amide bonds. The Bertz CT molecular complexity index is 1170. The van der Waals surface area contributed by atoms with Crippen molar-refractivity contribution < 1.29 is 13.7 Å². The number of nitrogens with zero attached hydrogens (tertiary/aromatic N) is 6. The molecule has 1 saturated heterocycles. The molecule has 1 aromatic carbocycles. The number of halogens is 1. The lowest BCUT2D eigenvalue weighted by atomic mass is 10.2. The van der Waals surface area contributed by atoms with E-state index in [0.717, 1.165) is 11.4 Å². The lowest BCUT2D eigenvalue weighted by Gasteiger charge is -2.34. The summed E-state index contributed by atoms with van der Waals surface area (Å²) in [6, 6.07) is 14.2. The Balaban J connectivity index is 1.24. The highest BCUT2D eigenvalue weighted by atomic mass is 35.5. The number of carbonyl (C=O) groups excluding carboxylic acids is 1. The maximum Gasteiger partial charge on any atom is 0.289 e. The van der Waals surface area contributed by atoms with Crippen molar-refractivity contribution in [3.8, 4) is 23.0 Å². The second-order valence-electron chi connectivity index (χ2n) is 6.96. The van der Waals surface area contributed by atoms with Crippen LogP contribution in [0.3, 0.4) is 0 Å². The van der Waals surface area contributed by atoms with Crippen molar-refractivity contribution >= 4 is 23.3 Å². The van der Waals surface area contributed by atoms with Gasteiger partial charge in [0.05, 0.1) is 6.26 Å². The summed E-state index contributed by atoms with van der Waals surface area (Å²) in [5, 5.41) is 13.2. The highest BCUT2D eigenvalue weighted by molar-refractivity contribution is 6.30. The first-order valence-electron chi connectivity index (χ1n) is 9.69. The minimum atomic E-state index is -0.0982. The van der Waals surface area contributed by atoms with Crippen LogP contribution in [0.4, 0.5) is 5.82 Å². The van der Waals surface area contributed by atoms with Crippen LogP contribution in [-0.4, -0.2) is 57.3 Å². The molecular weight excluding hydrogens is 420 g/mol. The van der Waals surface area contributed by atoms with Gasteiger partial charge in [0.2, 0.25) is 5.82 Å². The molecule has 0 spiro atoms. The fourth-order valence-electron chi connectivity index (χ4n) is 3.35. The molecule has 0 aliphatic carbocycles. The molecule has 4 heterocycles. The Kier molecular flexibility index (Phi) is 5.09. The molecule has 0 unspecified atom stereocenters. The number of aromatic nitrogens is 4. The minimum Gasteiger partial charge on any atom is -0.459 e. The van der Waals surface area contributed by atoms with E-state index in [1.54, 1.807) is 35.2 Å². The first-order chi connectivity index (χ1) is 15.2. The molecular formula is C21H17ClN6O3. The second-order valence-corrected chi connectivity index (χ2v) is 7.40. The number of hydrogen-bond acceptors (Lipinski definition) is 8. The number of amides is 1. The predicted molar refractivity (Wildman–Crippen MR) is 113 cm³/mol. The Morgan fingerprint density at radius 1 is 0.968 bits per heavy atom. The van der Waals surface area contributed by atoms with Crippen molar-refractivity contribution in [1.29, 1.82) is 0 Å². The van der Waals surface area contributed by atoms with E-state index in [-0.39, 0.29) is 11.8 Å². The number of furan rings is 1. The van der Waals surface area contributed by atoms with Crippen molar-refractivity contribution in [1.82, 2.24) is 25.2 Å². The van der Waals surface area contributed by atoms with Crippen LogP contribution in [0.15, 0.2) is 63.7 Å². The maximum absolute atomic E-state index is 12.4. The fourth-order valence-corrected chi connectivity index (χ4v) is 3.47. The third-order valence-corrected chi connectivity index (χ3v) is 5.27.